The molecule has 2 aromatic heterocycles. The first-order valence-electron chi connectivity index (χ1n) is 9.92. The first-order valence-corrected chi connectivity index (χ1v) is 11.8. The van der Waals surface area contributed by atoms with Crippen molar-refractivity contribution in [2.75, 3.05) is 4.72 Å². The molecule has 4 aromatic rings. The summed E-state index contributed by atoms with van der Waals surface area (Å²) >= 11 is 5.89. The fraction of sp³-hybridized carbons (Fsp3) is 0.227. The summed E-state index contributed by atoms with van der Waals surface area (Å²) in [4.78, 5) is 9.36. The molecule has 4 rings (SSSR count). The molecule has 0 spiro atoms. The molecule has 2 heterocycles. The lowest BCUT2D eigenvalue weighted by Gasteiger charge is -2.13. The summed E-state index contributed by atoms with van der Waals surface area (Å²) in [6.07, 6.45) is 2.78. The number of para-hydroxylation sites is 2. The Morgan fingerprint density at radius 1 is 1.06 bits per heavy atom. The number of benzene rings is 2. The van der Waals surface area contributed by atoms with Crippen molar-refractivity contribution in [1.29, 1.82) is 5.26 Å². The van der Waals surface area contributed by atoms with E-state index in [4.69, 9.17) is 16.6 Å². The van der Waals surface area contributed by atoms with E-state index in [9.17, 15) is 13.7 Å². The van der Waals surface area contributed by atoms with Crippen LogP contribution in [0.5, 0.6) is 0 Å². The van der Waals surface area contributed by atoms with Gasteiger partial charge in [0.2, 0.25) is 0 Å². The quantitative estimate of drug-likeness (QED) is 0.392. The van der Waals surface area contributed by atoms with Crippen LogP contribution in [0.1, 0.15) is 31.7 Å². The summed E-state index contributed by atoms with van der Waals surface area (Å²) in [6, 6.07) is 15.4. The maximum absolute atomic E-state index is 13.1. The van der Waals surface area contributed by atoms with Gasteiger partial charge in [-0.3, -0.25) is 4.72 Å². The van der Waals surface area contributed by atoms with E-state index in [2.05, 4.69) is 22.7 Å². The van der Waals surface area contributed by atoms with Gasteiger partial charge >= 0.3 is 0 Å². The second kappa shape index (κ2) is 8.53. The van der Waals surface area contributed by atoms with Gasteiger partial charge in [-0.05, 0) is 42.8 Å². The van der Waals surface area contributed by atoms with Crippen molar-refractivity contribution in [2.24, 2.45) is 0 Å². The number of aromatic nitrogens is 3. The summed E-state index contributed by atoms with van der Waals surface area (Å²) in [7, 11) is -3.95. The van der Waals surface area contributed by atoms with Crippen LogP contribution < -0.4 is 4.72 Å². The largest absolute Gasteiger partial charge is 0.309 e. The summed E-state index contributed by atoms with van der Waals surface area (Å²) in [6.45, 7) is 2.60. The molecule has 158 valence electrons. The number of aryl methyl sites for hydroxylation is 1. The van der Waals surface area contributed by atoms with E-state index in [1.54, 1.807) is 4.57 Å². The predicted octanol–water partition coefficient (Wildman–Crippen LogP) is 5.10. The molecule has 9 heteroatoms. The predicted molar refractivity (Wildman–Crippen MR) is 122 cm³/mol. The lowest BCUT2D eigenvalue weighted by atomic mass is 10.2. The zero-order valence-electron chi connectivity index (χ0n) is 16.8. The molecule has 0 bridgehead atoms. The zero-order chi connectivity index (χ0) is 22.0. The molecule has 0 saturated carbocycles. The molecule has 0 unspecified atom stereocenters. The molecule has 0 aliphatic heterocycles. The van der Waals surface area contributed by atoms with E-state index >= 15 is 0 Å². The molecule has 0 aliphatic carbocycles. The Balaban J connectivity index is 1.91. The van der Waals surface area contributed by atoms with Crippen molar-refractivity contribution in [1.82, 2.24) is 14.5 Å². The summed E-state index contributed by atoms with van der Waals surface area (Å²) in [5.74, 6) is 0.179. The number of hydrogen-bond donors (Lipinski definition) is 1. The van der Waals surface area contributed by atoms with Gasteiger partial charge in [0.25, 0.3) is 10.0 Å². The highest BCUT2D eigenvalue weighted by atomic mass is 35.5. The molecule has 2 aromatic carbocycles. The third-order valence-electron chi connectivity index (χ3n) is 5.00. The van der Waals surface area contributed by atoms with Crippen molar-refractivity contribution in [3.05, 3.63) is 59.1 Å². The minimum absolute atomic E-state index is 0.0530. The van der Waals surface area contributed by atoms with Crippen LogP contribution in [0.2, 0.25) is 5.02 Å². The first kappa shape index (κ1) is 21.1. The van der Waals surface area contributed by atoms with Crippen LogP contribution in [-0.4, -0.2) is 23.0 Å². The van der Waals surface area contributed by atoms with Gasteiger partial charge < -0.3 is 4.57 Å². The van der Waals surface area contributed by atoms with Crippen LogP contribution in [0.3, 0.4) is 0 Å². The van der Waals surface area contributed by atoms with E-state index in [1.807, 2.05) is 24.3 Å². The lowest BCUT2D eigenvalue weighted by Crippen LogP contribution is -2.17. The smallest absolute Gasteiger partial charge is 0.263 e. The highest BCUT2D eigenvalue weighted by Gasteiger charge is 2.25. The Bertz CT molecular complexity index is 1410. The Kier molecular flexibility index (Phi) is 5.81. The second-order valence-electron chi connectivity index (χ2n) is 7.14. The number of fused-ring (bicyclic) bond motifs is 2. The van der Waals surface area contributed by atoms with Crippen molar-refractivity contribution in [3.8, 4) is 6.07 Å². The molecular formula is C22H20ClN5O2S. The number of nitrogens with one attached hydrogen (secondary N) is 1. The highest BCUT2D eigenvalue weighted by Crippen LogP contribution is 2.31. The van der Waals surface area contributed by atoms with Crippen molar-refractivity contribution < 1.29 is 8.42 Å². The van der Waals surface area contributed by atoms with Crippen molar-refractivity contribution in [3.63, 3.8) is 0 Å². The van der Waals surface area contributed by atoms with Gasteiger partial charge in [0.1, 0.15) is 23.0 Å². The van der Waals surface area contributed by atoms with Crippen LogP contribution in [0.4, 0.5) is 5.82 Å². The van der Waals surface area contributed by atoms with Crippen LogP contribution >= 0.6 is 11.6 Å². The number of sulfonamides is 1. The molecule has 1 N–H and O–H groups in total. The van der Waals surface area contributed by atoms with Crippen LogP contribution in [-0.2, 0) is 16.6 Å². The molecular weight excluding hydrogens is 434 g/mol. The van der Waals surface area contributed by atoms with Gasteiger partial charge in [-0.15, -0.1) is 0 Å². The lowest BCUT2D eigenvalue weighted by molar-refractivity contribution is 0.597. The summed E-state index contributed by atoms with van der Waals surface area (Å²) in [5, 5.41) is 10.3. The Hall–Kier alpha value is -3.15. The third kappa shape index (κ3) is 4.07. The molecule has 0 aliphatic rings. The van der Waals surface area contributed by atoms with Crippen molar-refractivity contribution >= 4 is 49.6 Å². The molecule has 7 nitrogen and oxygen atoms in total. The number of rotatable bonds is 7. The standard InChI is InChI=1S/C22H20ClN5O2S/c1-2-3-6-13-28-21(27-31(29,30)16-11-9-15(23)10-12-16)17(14-24)20-22(28)26-19-8-5-4-7-18(19)25-20/h4-5,7-12,27H,2-3,6,13H2,1H3. The fourth-order valence-electron chi connectivity index (χ4n) is 3.45. The number of halogens is 1. The van der Waals surface area contributed by atoms with Gasteiger partial charge in [0.15, 0.2) is 5.65 Å². The van der Waals surface area contributed by atoms with Crippen LogP contribution in [0, 0.1) is 11.3 Å². The normalized spacial score (nSPS) is 11.6. The van der Waals surface area contributed by atoms with E-state index in [1.165, 1.54) is 24.3 Å². The topological polar surface area (TPSA) is 101 Å². The van der Waals surface area contributed by atoms with E-state index in [0.29, 0.717) is 33.8 Å². The summed E-state index contributed by atoms with van der Waals surface area (Å²) < 4.78 is 30.5. The van der Waals surface area contributed by atoms with Gasteiger partial charge in [-0.1, -0.05) is 43.5 Å². The van der Waals surface area contributed by atoms with Gasteiger partial charge in [-0.2, -0.15) is 5.26 Å². The van der Waals surface area contributed by atoms with Crippen LogP contribution in [0.25, 0.3) is 22.2 Å². The van der Waals surface area contributed by atoms with Crippen molar-refractivity contribution in [2.45, 2.75) is 37.6 Å². The number of nitriles is 1. The van der Waals surface area contributed by atoms with Gasteiger partial charge in [-0.25, -0.2) is 18.4 Å². The number of anilines is 1. The Morgan fingerprint density at radius 2 is 1.74 bits per heavy atom. The maximum Gasteiger partial charge on any atom is 0.263 e. The monoisotopic (exact) mass is 453 g/mol. The third-order valence-corrected chi connectivity index (χ3v) is 6.61. The maximum atomic E-state index is 13.1. The highest BCUT2D eigenvalue weighted by molar-refractivity contribution is 7.92. The van der Waals surface area contributed by atoms with Crippen LogP contribution in [0.15, 0.2) is 53.4 Å². The SMILES string of the molecule is CCCCCn1c(NS(=O)(=O)c2ccc(Cl)cc2)c(C#N)c2nc3ccccc3nc21. The molecule has 0 fully saturated rings. The first-order chi connectivity index (χ1) is 14.9. The molecule has 0 radical (unpaired) electrons. The number of nitrogens with zero attached hydrogens (tertiary/aromatic N) is 4. The second-order valence-corrected chi connectivity index (χ2v) is 9.26. The summed E-state index contributed by atoms with van der Waals surface area (Å²) in [5.41, 5.74) is 2.35. The fourth-order valence-corrected chi connectivity index (χ4v) is 4.65. The Labute approximate surface area is 185 Å². The van der Waals surface area contributed by atoms with Gasteiger partial charge in [0, 0.05) is 11.6 Å². The zero-order valence-corrected chi connectivity index (χ0v) is 18.4. The minimum Gasteiger partial charge on any atom is -0.309 e. The molecule has 31 heavy (non-hydrogen) atoms. The molecule has 0 saturated heterocycles. The average molecular weight is 454 g/mol. The Morgan fingerprint density at radius 3 is 2.39 bits per heavy atom. The van der Waals surface area contributed by atoms with E-state index < -0.39 is 10.0 Å². The minimum atomic E-state index is -3.95. The number of hydrogen-bond acceptors (Lipinski definition) is 5. The van der Waals surface area contributed by atoms with E-state index in [0.717, 1.165) is 19.3 Å². The molecule has 0 atom stereocenters. The van der Waals surface area contributed by atoms with Gasteiger partial charge in [0.05, 0.1) is 15.9 Å². The van der Waals surface area contributed by atoms with E-state index in [-0.39, 0.29) is 16.3 Å². The average Bonchev–Trinajstić information content (AvgIpc) is 3.03. The number of unbranched alkanes of at least 4 members (excludes halogenated alkanes) is 2. The molecule has 0 amide bonds.